The van der Waals surface area contributed by atoms with Crippen LogP contribution in [0.3, 0.4) is 0 Å². The third-order valence-corrected chi connectivity index (χ3v) is 6.14. The van der Waals surface area contributed by atoms with Crippen LogP contribution < -0.4 is 21.9 Å². The maximum atomic E-state index is 14.3. The van der Waals surface area contributed by atoms with Gasteiger partial charge >= 0.3 is 11.9 Å². The largest absolute Gasteiger partial charge is 0.425 e. The number of hydrogen-bond donors (Lipinski definition) is 3. The molecule has 1 atom stereocenters. The second kappa shape index (κ2) is 7.64. The molecule has 0 fully saturated rings. The molecule has 0 unspecified atom stereocenters. The van der Waals surface area contributed by atoms with Crippen molar-refractivity contribution in [3.05, 3.63) is 83.6 Å². The lowest BCUT2D eigenvalue weighted by atomic mass is 9.92. The molecule has 32 heavy (non-hydrogen) atoms. The summed E-state index contributed by atoms with van der Waals surface area (Å²) in [7, 11) is 0. The average molecular weight is 485 g/mol. The second-order valence-electron chi connectivity index (χ2n) is 6.79. The molecule has 0 bridgehead atoms. The molecular formula is C19H12ClF3N4O4S. The number of fused-ring (bicyclic) bond motifs is 1. The van der Waals surface area contributed by atoms with Crippen molar-refractivity contribution in [1.82, 2.24) is 14.9 Å². The fourth-order valence-corrected chi connectivity index (χ4v) is 4.23. The van der Waals surface area contributed by atoms with Crippen molar-refractivity contribution in [2.75, 3.05) is 5.32 Å². The molecule has 0 saturated carbocycles. The number of H-pyrrole nitrogens is 1. The van der Waals surface area contributed by atoms with Crippen molar-refractivity contribution in [2.45, 2.75) is 18.3 Å². The molecule has 1 aliphatic rings. The van der Waals surface area contributed by atoms with Crippen LogP contribution in [0.1, 0.15) is 20.8 Å². The Kier molecular flexibility index (Phi) is 5.21. The van der Waals surface area contributed by atoms with E-state index >= 15 is 0 Å². The minimum Gasteiger partial charge on any atom is -0.326 e. The Hall–Kier alpha value is -3.38. The molecule has 166 valence electrons. The molecule has 8 nitrogen and oxygen atoms in total. The van der Waals surface area contributed by atoms with Crippen molar-refractivity contribution in [2.24, 2.45) is 0 Å². The van der Waals surface area contributed by atoms with Gasteiger partial charge in [-0.05, 0) is 23.1 Å². The van der Waals surface area contributed by atoms with Crippen LogP contribution in [0.5, 0.6) is 0 Å². The van der Waals surface area contributed by atoms with Crippen LogP contribution in [-0.2, 0) is 16.9 Å². The highest BCUT2D eigenvalue weighted by Crippen LogP contribution is 2.45. The third kappa shape index (κ3) is 3.31. The zero-order valence-electron chi connectivity index (χ0n) is 15.7. The Labute approximate surface area is 185 Å². The van der Waals surface area contributed by atoms with E-state index in [0.29, 0.717) is 5.56 Å². The smallest absolute Gasteiger partial charge is 0.326 e. The molecule has 1 aliphatic heterocycles. The number of aromatic amines is 1. The number of rotatable bonds is 4. The highest BCUT2D eigenvalue weighted by molar-refractivity contribution is 7.12. The van der Waals surface area contributed by atoms with Crippen molar-refractivity contribution < 1.29 is 22.8 Å². The number of nitrogens with one attached hydrogen (secondary N) is 3. The number of nitrogens with zero attached hydrogens (tertiary/aromatic N) is 1. The normalized spacial score (nSPS) is 17.7. The van der Waals surface area contributed by atoms with Gasteiger partial charge in [0.1, 0.15) is 11.4 Å². The van der Waals surface area contributed by atoms with E-state index in [4.69, 9.17) is 11.6 Å². The van der Waals surface area contributed by atoms with Crippen LogP contribution in [0.25, 0.3) is 0 Å². The highest BCUT2D eigenvalue weighted by atomic mass is 35.5. The molecule has 3 N–H and O–H groups in total. The lowest BCUT2D eigenvalue weighted by molar-refractivity contribution is -0.196. The average Bonchev–Trinajstić information content (AvgIpc) is 3.34. The van der Waals surface area contributed by atoms with Gasteiger partial charge in [0.05, 0.1) is 11.4 Å². The Bertz CT molecular complexity index is 1350. The van der Waals surface area contributed by atoms with Crippen LogP contribution in [0.15, 0.2) is 51.4 Å². The van der Waals surface area contributed by atoms with Gasteiger partial charge in [-0.2, -0.15) is 13.2 Å². The van der Waals surface area contributed by atoms with E-state index in [0.717, 1.165) is 15.9 Å². The zero-order valence-corrected chi connectivity index (χ0v) is 17.3. The van der Waals surface area contributed by atoms with E-state index in [9.17, 15) is 32.3 Å². The maximum absolute atomic E-state index is 14.3. The van der Waals surface area contributed by atoms with Gasteiger partial charge in [0, 0.05) is 5.02 Å². The molecular weight excluding hydrogens is 473 g/mol. The number of hydrogen-bond acceptors (Lipinski definition) is 5. The summed E-state index contributed by atoms with van der Waals surface area (Å²) in [5.74, 6) is -3.59. The summed E-state index contributed by atoms with van der Waals surface area (Å²) in [5, 5.41) is 5.33. The Morgan fingerprint density at radius 3 is 2.50 bits per heavy atom. The first-order valence-electron chi connectivity index (χ1n) is 8.91. The molecule has 1 aromatic carbocycles. The molecule has 0 radical (unpaired) electrons. The Balaban J connectivity index is 1.93. The van der Waals surface area contributed by atoms with Crippen molar-refractivity contribution in [3.8, 4) is 0 Å². The fraction of sp³-hybridized carbons (Fsp3) is 0.158. The highest BCUT2D eigenvalue weighted by Gasteiger charge is 2.68. The van der Waals surface area contributed by atoms with Crippen LogP contribution in [0.4, 0.5) is 19.0 Å². The number of aromatic nitrogens is 2. The molecule has 3 aromatic rings. The van der Waals surface area contributed by atoms with Crippen LogP contribution in [0, 0.1) is 0 Å². The molecule has 2 aromatic heterocycles. The number of alkyl halides is 3. The van der Waals surface area contributed by atoms with E-state index < -0.39 is 46.2 Å². The van der Waals surface area contributed by atoms with E-state index in [1.165, 1.54) is 29.6 Å². The second-order valence-corrected chi connectivity index (χ2v) is 8.15. The molecule has 0 saturated heterocycles. The number of carbonyl (C=O) groups is 2. The zero-order chi connectivity index (χ0) is 23.3. The molecule has 2 amide bonds. The van der Waals surface area contributed by atoms with Gasteiger partial charge in [0.25, 0.3) is 22.9 Å². The SMILES string of the molecule is O=C(N[C@]1(C(F)(F)F)C(=O)Nc2c1c(=O)[nH]c(=O)n2Cc1ccccc1Cl)c1cccs1. The van der Waals surface area contributed by atoms with Crippen LogP contribution in [0.2, 0.25) is 5.02 Å². The standard InChI is InChI=1S/C19H12ClF3N4O4S/c20-10-5-2-1-4-9(10)8-27-13-12(15(29)25-17(27)31)18(16(30)24-13,19(21,22)23)26-14(28)11-6-3-7-32-11/h1-7H,8H2,(H,24,30)(H,26,28)(H,25,29,31)/t18-/m0/s1. The number of benzene rings is 1. The van der Waals surface area contributed by atoms with Gasteiger partial charge < -0.3 is 10.6 Å². The fourth-order valence-electron chi connectivity index (χ4n) is 3.41. The molecule has 4 rings (SSSR count). The monoisotopic (exact) mass is 484 g/mol. The van der Waals surface area contributed by atoms with Gasteiger partial charge in [-0.25, -0.2) is 4.79 Å². The lowest BCUT2D eigenvalue weighted by Crippen LogP contribution is -2.62. The first-order chi connectivity index (χ1) is 15.1. The van der Waals surface area contributed by atoms with E-state index in [1.54, 1.807) is 22.4 Å². The van der Waals surface area contributed by atoms with Gasteiger partial charge in [-0.15, -0.1) is 11.3 Å². The van der Waals surface area contributed by atoms with Crippen LogP contribution in [-0.4, -0.2) is 27.5 Å². The third-order valence-electron chi connectivity index (χ3n) is 4.90. The summed E-state index contributed by atoms with van der Waals surface area (Å²) in [4.78, 5) is 51.9. The van der Waals surface area contributed by atoms with Crippen molar-refractivity contribution in [1.29, 1.82) is 0 Å². The first kappa shape index (κ1) is 21.8. The minimum atomic E-state index is -5.41. The molecule has 0 aliphatic carbocycles. The summed E-state index contributed by atoms with van der Waals surface area (Å²) in [5.41, 5.74) is -7.00. The Morgan fingerprint density at radius 2 is 1.88 bits per heavy atom. The minimum absolute atomic E-state index is 0.101. The first-order valence-corrected chi connectivity index (χ1v) is 10.2. The van der Waals surface area contributed by atoms with Gasteiger partial charge in [0.15, 0.2) is 0 Å². The van der Waals surface area contributed by atoms with Gasteiger partial charge in [-0.1, -0.05) is 35.9 Å². The van der Waals surface area contributed by atoms with E-state index in [1.807, 2.05) is 5.32 Å². The Morgan fingerprint density at radius 1 is 1.16 bits per heavy atom. The molecule has 0 spiro atoms. The number of halogens is 4. The summed E-state index contributed by atoms with van der Waals surface area (Å²) in [6, 6.07) is 8.95. The quantitative estimate of drug-likeness (QED) is 0.528. The number of thiophene rings is 1. The summed E-state index contributed by atoms with van der Waals surface area (Å²) >= 11 is 6.93. The summed E-state index contributed by atoms with van der Waals surface area (Å²) in [6.45, 7) is -0.343. The summed E-state index contributed by atoms with van der Waals surface area (Å²) in [6.07, 6.45) is -5.41. The predicted molar refractivity (Wildman–Crippen MR) is 110 cm³/mol. The molecule has 13 heteroatoms. The van der Waals surface area contributed by atoms with E-state index in [-0.39, 0.29) is 16.4 Å². The van der Waals surface area contributed by atoms with Gasteiger partial charge in [0.2, 0.25) is 0 Å². The summed E-state index contributed by atoms with van der Waals surface area (Å²) < 4.78 is 43.7. The predicted octanol–water partition coefficient (Wildman–Crippen LogP) is 2.44. The number of anilines is 1. The van der Waals surface area contributed by atoms with Crippen molar-refractivity contribution >= 4 is 40.6 Å². The lowest BCUT2D eigenvalue weighted by Gasteiger charge is -2.29. The topological polar surface area (TPSA) is 113 Å². The van der Waals surface area contributed by atoms with Crippen LogP contribution >= 0.6 is 22.9 Å². The van der Waals surface area contributed by atoms with E-state index in [2.05, 4.69) is 0 Å². The van der Waals surface area contributed by atoms with Crippen molar-refractivity contribution in [3.63, 3.8) is 0 Å². The number of carbonyl (C=O) groups excluding carboxylic acids is 2. The number of amides is 2. The maximum Gasteiger partial charge on any atom is 0.425 e. The molecule has 3 heterocycles. The van der Waals surface area contributed by atoms with Gasteiger partial charge in [-0.3, -0.25) is 23.9 Å².